The number of benzene rings is 1. The maximum Gasteiger partial charge on any atom is 0.245 e. The Morgan fingerprint density at radius 2 is 1.75 bits per heavy atom. The number of sulfonamides is 1. The van der Waals surface area contributed by atoms with Crippen molar-refractivity contribution in [1.82, 2.24) is 14.5 Å². The monoisotopic (exact) mass is 371 g/mol. The van der Waals surface area contributed by atoms with Gasteiger partial charge in [0.05, 0.1) is 4.90 Å². The normalized spacial score (nSPS) is 22.5. The minimum absolute atomic E-state index is 0.114. The van der Waals surface area contributed by atoms with Crippen molar-refractivity contribution < 1.29 is 18.0 Å². The number of carbonyl (C=O) groups is 2. The van der Waals surface area contributed by atoms with E-state index in [1.807, 2.05) is 0 Å². The van der Waals surface area contributed by atoms with Gasteiger partial charge in [0.2, 0.25) is 21.8 Å². The van der Waals surface area contributed by atoms with Gasteiger partial charge in [-0.3, -0.25) is 9.59 Å². The third kappa shape index (κ3) is 3.40. The van der Waals surface area contributed by atoms with Crippen LogP contribution in [0.5, 0.6) is 0 Å². The molecule has 1 aromatic rings. The first kappa shape index (κ1) is 17.2. The van der Waals surface area contributed by atoms with Crippen LogP contribution in [0.4, 0.5) is 0 Å². The lowest BCUT2D eigenvalue weighted by atomic mass is 10.2. The lowest BCUT2D eigenvalue weighted by molar-refractivity contribution is -0.135. The maximum absolute atomic E-state index is 12.6. The predicted octanol–water partition coefficient (Wildman–Crippen LogP) is 0.452. The van der Waals surface area contributed by atoms with Crippen LogP contribution in [0.2, 0.25) is 5.02 Å². The zero-order chi connectivity index (χ0) is 17.3. The van der Waals surface area contributed by atoms with E-state index in [1.165, 1.54) is 28.6 Å². The van der Waals surface area contributed by atoms with E-state index in [4.69, 9.17) is 11.6 Å². The van der Waals surface area contributed by atoms with Crippen LogP contribution in [0.3, 0.4) is 0 Å². The Morgan fingerprint density at radius 1 is 1.12 bits per heavy atom. The Labute approximate surface area is 145 Å². The minimum atomic E-state index is -3.59. The Kier molecular flexibility index (Phi) is 4.80. The Morgan fingerprint density at radius 3 is 2.29 bits per heavy atom. The zero-order valence-electron chi connectivity index (χ0n) is 12.9. The molecule has 1 unspecified atom stereocenters. The van der Waals surface area contributed by atoms with Crippen LogP contribution < -0.4 is 5.32 Å². The zero-order valence-corrected chi connectivity index (χ0v) is 14.5. The van der Waals surface area contributed by atoms with Crippen molar-refractivity contribution in [2.45, 2.75) is 23.8 Å². The van der Waals surface area contributed by atoms with Crippen LogP contribution in [-0.2, 0) is 19.6 Å². The molecule has 2 aliphatic heterocycles. The fraction of sp³-hybridized carbons (Fsp3) is 0.467. The maximum atomic E-state index is 12.6. The van der Waals surface area contributed by atoms with Crippen molar-refractivity contribution in [3.8, 4) is 0 Å². The molecule has 2 heterocycles. The molecule has 0 aromatic heterocycles. The van der Waals surface area contributed by atoms with Crippen molar-refractivity contribution >= 4 is 33.4 Å². The van der Waals surface area contributed by atoms with Gasteiger partial charge in [-0.05, 0) is 30.7 Å². The van der Waals surface area contributed by atoms with E-state index < -0.39 is 16.1 Å². The number of carbonyl (C=O) groups excluding carboxylic acids is 2. The average Bonchev–Trinajstić information content (AvgIpc) is 3.01. The van der Waals surface area contributed by atoms with E-state index >= 15 is 0 Å². The Balaban J connectivity index is 1.63. The Bertz CT molecular complexity index is 742. The molecule has 2 saturated heterocycles. The Hall–Kier alpha value is -1.64. The molecule has 3 rings (SSSR count). The highest BCUT2D eigenvalue weighted by molar-refractivity contribution is 7.89. The molecule has 0 spiro atoms. The molecule has 0 saturated carbocycles. The van der Waals surface area contributed by atoms with Gasteiger partial charge in [-0.1, -0.05) is 11.6 Å². The second kappa shape index (κ2) is 6.70. The van der Waals surface area contributed by atoms with Crippen molar-refractivity contribution in [3.63, 3.8) is 0 Å². The van der Waals surface area contributed by atoms with E-state index in [9.17, 15) is 18.0 Å². The first-order chi connectivity index (χ1) is 11.4. The molecular weight excluding hydrogens is 354 g/mol. The largest absolute Gasteiger partial charge is 0.344 e. The summed E-state index contributed by atoms with van der Waals surface area (Å²) in [5, 5.41) is 3.12. The third-order valence-electron chi connectivity index (χ3n) is 4.30. The molecule has 7 nitrogen and oxygen atoms in total. The summed E-state index contributed by atoms with van der Waals surface area (Å²) < 4.78 is 26.6. The summed E-state index contributed by atoms with van der Waals surface area (Å²) in [5.41, 5.74) is 0. The van der Waals surface area contributed by atoms with Crippen LogP contribution in [-0.4, -0.2) is 61.7 Å². The number of nitrogens with one attached hydrogen (secondary N) is 1. The summed E-state index contributed by atoms with van der Waals surface area (Å²) in [6.45, 7) is 1.10. The molecule has 2 aliphatic rings. The summed E-state index contributed by atoms with van der Waals surface area (Å²) in [4.78, 5) is 25.4. The van der Waals surface area contributed by atoms with Crippen molar-refractivity contribution in [2.75, 3.05) is 26.2 Å². The second-order valence-electron chi connectivity index (χ2n) is 5.84. The molecule has 1 aromatic carbocycles. The van der Waals surface area contributed by atoms with Crippen LogP contribution in [0.1, 0.15) is 12.8 Å². The fourth-order valence-electron chi connectivity index (χ4n) is 2.92. The molecule has 1 atom stereocenters. The molecule has 0 aliphatic carbocycles. The molecule has 0 radical (unpaired) electrons. The van der Waals surface area contributed by atoms with Crippen LogP contribution in [0.25, 0.3) is 0 Å². The molecule has 1 N–H and O–H groups in total. The predicted molar refractivity (Wildman–Crippen MR) is 88.0 cm³/mol. The van der Waals surface area contributed by atoms with Gasteiger partial charge in [0.25, 0.3) is 0 Å². The van der Waals surface area contributed by atoms with Gasteiger partial charge in [0.15, 0.2) is 0 Å². The fourth-order valence-corrected chi connectivity index (χ4v) is 4.47. The number of hydrogen-bond donors (Lipinski definition) is 1. The van der Waals surface area contributed by atoms with E-state index in [1.54, 1.807) is 4.90 Å². The lowest BCUT2D eigenvalue weighted by Crippen LogP contribution is -2.54. The molecule has 2 amide bonds. The SMILES string of the molecule is O=C1CCC(C(=O)N2CCN(S(=O)(=O)c3ccc(Cl)cc3)CC2)N1. The van der Waals surface area contributed by atoms with E-state index in [2.05, 4.69) is 5.32 Å². The average molecular weight is 372 g/mol. The summed E-state index contributed by atoms with van der Waals surface area (Å²) >= 11 is 5.79. The highest BCUT2D eigenvalue weighted by Gasteiger charge is 2.34. The molecule has 0 bridgehead atoms. The molecule has 9 heteroatoms. The highest BCUT2D eigenvalue weighted by atomic mass is 35.5. The van der Waals surface area contributed by atoms with Crippen molar-refractivity contribution in [3.05, 3.63) is 29.3 Å². The van der Waals surface area contributed by atoms with Gasteiger partial charge in [-0.25, -0.2) is 8.42 Å². The van der Waals surface area contributed by atoms with Crippen molar-refractivity contribution in [2.24, 2.45) is 0 Å². The van der Waals surface area contributed by atoms with E-state index in [0.29, 0.717) is 31.0 Å². The number of amides is 2. The summed E-state index contributed by atoms with van der Waals surface area (Å²) in [5.74, 6) is -0.248. The van der Waals surface area contributed by atoms with E-state index in [0.717, 1.165) is 0 Å². The van der Waals surface area contributed by atoms with Crippen LogP contribution >= 0.6 is 11.6 Å². The lowest BCUT2D eigenvalue weighted by Gasteiger charge is -2.35. The van der Waals surface area contributed by atoms with Gasteiger partial charge < -0.3 is 10.2 Å². The first-order valence-corrected chi connectivity index (χ1v) is 9.53. The van der Waals surface area contributed by atoms with Crippen molar-refractivity contribution in [1.29, 1.82) is 0 Å². The van der Waals surface area contributed by atoms with Gasteiger partial charge in [0, 0.05) is 37.6 Å². The third-order valence-corrected chi connectivity index (χ3v) is 6.46. The highest BCUT2D eigenvalue weighted by Crippen LogP contribution is 2.20. The number of halogens is 1. The number of piperazine rings is 1. The number of nitrogens with zero attached hydrogens (tertiary/aromatic N) is 2. The quantitative estimate of drug-likeness (QED) is 0.835. The van der Waals surface area contributed by atoms with Gasteiger partial charge in [0.1, 0.15) is 6.04 Å². The van der Waals surface area contributed by atoms with Gasteiger partial charge in [-0.2, -0.15) is 4.31 Å². The smallest absolute Gasteiger partial charge is 0.245 e. The minimum Gasteiger partial charge on any atom is -0.344 e. The van der Waals surface area contributed by atoms with Gasteiger partial charge in [-0.15, -0.1) is 0 Å². The molecular formula is C15H18ClN3O4S. The topological polar surface area (TPSA) is 86.8 Å². The molecule has 2 fully saturated rings. The molecule has 24 heavy (non-hydrogen) atoms. The summed E-state index contributed by atoms with van der Waals surface area (Å²) in [6, 6.07) is 5.55. The number of hydrogen-bond acceptors (Lipinski definition) is 4. The standard InChI is InChI=1S/C15H18ClN3O4S/c16-11-1-3-12(4-2-11)24(22,23)19-9-7-18(8-10-19)15(21)13-5-6-14(20)17-13/h1-4,13H,5-10H2,(H,17,20). The first-order valence-electron chi connectivity index (χ1n) is 7.72. The second-order valence-corrected chi connectivity index (χ2v) is 8.22. The molecule has 130 valence electrons. The van der Waals surface area contributed by atoms with Gasteiger partial charge >= 0.3 is 0 Å². The summed E-state index contributed by atoms with van der Waals surface area (Å²) in [6.07, 6.45) is 0.863. The summed E-state index contributed by atoms with van der Waals surface area (Å²) in [7, 11) is -3.59. The van der Waals surface area contributed by atoms with E-state index in [-0.39, 0.29) is 29.8 Å². The van der Waals surface area contributed by atoms with Crippen LogP contribution in [0.15, 0.2) is 29.2 Å². The van der Waals surface area contributed by atoms with Crippen LogP contribution in [0, 0.1) is 0 Å². The number of rotatable bonds is 3.